The number of anilines is 1. The zero-order chi connectivity index (χ0) is 15.2. The van der Waals surface area contributed by atoms with E-state index in [1.165, 1.54) is 0 Å². The number of likely N-dealkylation sites (N-methyl/N-ethyl adjacent to an activating group) is 1. The first kappa shape index (κ1) is 15.2. The number of carbonyl (C=O) groups excluding carboxylic acids is 1. The lowest BCUT2D eigenvalue weighted by molar-refractivity contribution is 0.102. The van der Waals surface area contributed by atoms with Crippen molar-refractivity contribution in [1.82, 2.24) is 14.7 Å². The number of rotatable bonds is 6. The molecule has 6 nitrogen and oxygen atoms in total. The molecule has 0 bridgehead atoms. The van der Waals surface area contributed by atoms with Crippen LogP contribution in [0.1, 0.15) is 15.9 Å². The van der Waals surface area contributed by atoms with Gasteiger partial charge in [-0.2, -0.15) is 5.10 Å². The molecule has 0 unspecified atom stereocenters. The number of aromatic nitrogens is 2. The maximum absolute atomic E-state index is 12.1. The topological polar surface area (TPSA) is 76.2 Å². The van der Waals surface area contributed by atoms with Gasteiger partial charge in [-0.25, -0.2) is 0 Å². The molecule has 0 spiro atoms. The molecule has 2 aromatic rings. The van der Waals surface area contributed by atoms with Gasteiger partial charge in [-0.1, -0.05) is 12.1 Å². The van der Waals surface area contributed by atoms with Crippen LogP contribution in [-0.2, 0) is 13.1 Å². The number of carbonyl (C=O) groups is 1. The van der Waals surface area contributed by atoms with Gasteiger partial charge in [0.1, 0.15) is 0 Å². The highest BCUT2D eigenvalue weighted by molar-refractivity contribution is 6.03. The van der Waals surface area contributed by atoms with E-state index in [2.05, 4.69) is 15.3 Å². The molecule has 0 radical (unpaired) electrons. The van der Waals surface area contributed by atoms with Gasteiger partial charge < -0.3 is 16.0 Å². The predicted octanol–water partition coefficient (Wildman–Crippen LogP) is 1.16. The smallest absolute Gasteiger partial charge is 0.256 e. The van der Waals surface area contributed by atoms with Crippen LogP contribution in [0.4, 0.5) is 5.82 Å². The molecule has 0 atom stereocenters. The Hall–Kier alpha value is -2.18. The zero-order valence-corrected chi connectivity index (χ0v) is 12.4. The fourth-order valence-corrected chi connectivity index (χ4v) is 1.84. The summed E-state index contributed by atoms with van der Waals surface area (Å²) >= 11 is 0. The minimum atomic E-state index is -0.170. The molecule has 1 amide bonds. The number of hydrogen-bond donors (Lipinski definition) is 2. The van der Waals surface area contributed by atoms with Crippen molar-refractivity contribution in [3.63, 3.8) is 0 Å². The summed E-state index contributed by atoms with van der Waals surface area (Å²) in [6, 6.07) is 9.03. The van der Waals surface area contributed by atoms with E-state index >= 15 is 0 Å². The second-order valence-corrected chi connectivity index (χ2v) is 5.12. The maximum Gasteiger partial charge on any atom is 0.256 e. The van der Waals surface area contributed by atoms with Crippen molar-refractivity contribution < 1.29 is 4.79 Å². The average Bonchev–Trinajstić information content (AvgIpc) is 2.92. The van der Waals surface area contributed by atoms with Crippen molar-refractivity contribution in [2.45, 2.75) is 13.1 Å². The molecule has 21 heavy (non-hydrogen) atoms. The van der Waals surface area contributed by atoms with E-state index in [0.717, 1.165) is 18.7 Å². The molecule has 112 valence electrons. The summed E-state index contributed by atoms with van der Waals surface area (Å²) < 4.78 is 1.81. The average molecular weight is 287 g/mol. The van der Waals surface area contributed by atoms with Crippen LogP contribution in [0.15, 0.2) is 36.5 Å². The van der Waals surface area contributed by atoms with Crippen molar-refractivity contribution in [2.75, 3.05) is 26.0 Å². The van der Waals surface area contributed by atoms with Gasteiger partial charge in [0.15, 0.2) is 5.82 Å². The second kappa shape index (κ2) is 7.01. The fraction of sp³-hybridized carbons (Fsp3) is 0.333. The van der Waals surface area contributed by atoms with Crippen molar-refractivity contribution in [3.05, 3.63) is 47.7 Å². The molecule has 0 fully saturated rings. The number of hydrogen-bond acceptors (Lipinski definition) is 4. The van der Waals surface area contributed by atoms with Gasteiger partial charge in [0.25, 0.3) is 5.91 Å². The Bertz CT molecular complexity index is 588. The lowest BCUT2D eigenvalue weighted by Crippen LogP contribution is -2.19. The van der Waals surface area contributed by atoms with Crippen LogP contribution in [0.5, 0.6) is 0 Å². The van der Waals surface area contributed by atoms with E-state index in [1.54, 1.807) is 18.2 Å². The molecule has 0 saturated heterocycles. The van der Waals surface area contributed by atoms with Crippen LogP contribution >= 0.6 is 0 Å². The zero-order valence-electron chi connectivity index (χ0n) is 12.4. The van der Waals surface area contributed by atoms with Crippen LogP contribution in [0, 0.1) is 0 Å². The fourth-order valence-electron chi connectivity index (χ4n) is 1.84. The lowest BCUT2D eigenvalue weighted by Gasteiger charge is -2.08. The van der Waals surface area contributed by atoms with Gasteiger partial charge >= 0.3 is 0 Å². The molecule has 0 aliphatic rings. The first-order valence-electron chi connectivity index (χ1n) is 6.87. The normalized spacial score (nSPS) is 10.9. The minimum Gasteiger partial charge on any atom is -0.326 e. The molecule has 2 rings (SSSR count). The van der Waals surface area contributed by atoms with Gasteiger partial charge in [0.2, 0.25) is 0 Å². The van der Waals surface area contributed by atoms with E-state index in [1.807, 2.05) is 37.1 Å². The second-order valence-electron chi connectivity index (χ2n) is 5.12. The minimum absolute atomic E-state index is 0.170. The summed E-state index contributed by atoms with van der Waals surface area (Å²) in [7, 11) is 4.02. The molecule has 6 heteroatoms. The van der Waals surface area contributed by atoms with Gasteiger partial charge in [-0.15, -0.1) is 0 Å². The van der Waals surface area contributed by atoms with E-state index < -0.39 is 0 Å². The van der Waals surface area contributed by atoms with E-state index in [9.17, 15) is 4.79 Å². The molecular formula is C15H21N5O. The van der Waals surface area contributed by atoms with Crippen LogP contribution in [0.3, 0.4) is 0 Å². The Morgan fingerprint density at radius 1 is 1.29 bits per heavy atom. The van der Waals surface area contributed by atoms with Crippen molar-refractivity contribution in [1.29, 1.82) is 0 Å². The van der Waals surface area contributed by atoms with Crippen molar-refractivity contribution in [3.8, 4) is 0 Å². The summed E-state index contributed by atoms with van der Waals surface area (Å²) in [5.41, 5.74) is 7.13. The van der Waals surface area contributed by atoms with Gasteiger partial charge in [-0.05, 0) is 31.8 Å². The Labute approximate surface area is 124 Å². The summed E-state index contributed by atoms with van der Waals surface area (Å²) in [4.78, 5) is 14.2. The third-order valence-electron chi connectivity index (χ3n) is 3.11. The number of amides is 1. The number of nitrogens with two attached hydrogens (primary N) is 1. The standard InChI is InChI=1S/C15H21N5O/c1-19(2)9-10-20-8-7-14(18-20)17-15(21)13-5-3-12(11-16)4-6-13/h3-8H,9-11,16H2,1-2H3,(H,17,18,21). The third-order valence-corrected chi connectivity index (χ3v) is 3.11. The molecule has 0 aliphatic heterocycles. The van der Waals surface area contributed by atoms with Crippen LogP contribution in [0.25, 0.3) is 0 Å². The molecular weight excluding hydrogens is 266 g/mol. The monoisotopic (exact) mass is 287 g/mol. The lowest BCUT2D eigenvalue weighted by atomic mass is 10.1. The molecule has 0 saturated carbocycles. The first-order chi connectivity index (χ1) is 10.1. The summed E-state index contributed by atoms with van der Waals surface area (Å²) in [5.74, 6) is 0.387. The van der Waals surface area contributed by atoms with Crippen LogP contribution < -0.4 is 11.1 Å². The first-order valence-corrected chi connectivity index (χ1v) is 6.87. The Morgan fingerprint density at radius 2 is 2.00 bits per heavy atom. The maximum atomic E-state index is 12.1. The number of nitrogens with one attached hydrogen (secondary N) is 1. The quantitative estimate of drug-likeness (QED) is 0.836. The van der Waals surface area contributed by atoms with Gasteiger partial charge in [0, 0.05) is 30.9 Å². The van der Waals surface area contributed by atoms with Crippen molar-refractivity contribution >= 4 is 11.7 Å². The Kier molecular flexibility index (Phi) is 5.08. The number of nitrogens with zero attached hydrogens (tertiary/aromatic N) is 3. The van der Waals surface area contributed by atoms with E-state index in [0.29, 0.717) is 17.9 Å². The van der Waals surface area contributed by atoms with E-state index in [4.69, 9.17) is 5.73 Å². The van der Waals surface area contributed by atoms with Crippen LogP contribution in [0.2, 0.25) is 0 Å². The molecule has 0 aliphatic carbocycles. The molecule has 1 aromatic heterocycles. The number of benzene rings is 1. The Morgan fingerprint density at radius 3 is 2.62 bits per heavy atom. The summed E-state index contributed by atoms with van der Waals surface area (Å²) in [5, 5.41) is 7.11. The summed E-state index contributed by atoms with van der Waals surface area (Å²) in [6.45, 7) is 2.15. The highest BCUT2D eigenvalue weighted by Crippen LogP contribution is 2.08. The SMILES string of the molecule is CN(C)CCn1ccc(NC(=O)c2ccc(CN)cc2)n1. The van der Waals surface area contributed by atoms with Crippen LogP contribution in [-0.4, -0.2) is 41.2 Å². The largest absolute Gasteiger partial charge is 0.326 e. The third kappa shape index (κ3) is 4.40. The highest BCUT2D eigenvalue weighted by Gasteiger charge is 2.08. The van der Waals surface area contributed by atoms with Gasteiger partial charge in [-0.3, -0.25) is 9.48 Å². The molecule has 1 aromatic carbocycles. The van der Waals surface area contributed by atoms with Crippen molar-refractivity contribution in [2.24, 2.45) is 5.73 Å². The molecule has 1 heterocycles. The Balaban J connectivity index is 1.95. The highest BCUT2D eigenvalue weighted by atomic mass is 16.1. The molecule has 3 N–H and O–H groups in total. The van der Waals surface area contributed by atoms with Gasteiger partial charge in [0.05, 0.1) is 6.54 Å². The predicted molar refractivity (Wildman–Crippen MR) is 83.1 cm³/mol. The summed E-state index contributed by atoms with van der Waals surface area (Å²) in [6.07, 6.45) is 1.86. The van der Waals surface area contributed by atoms with E-state index in [-0.39, 0.29) is 5.91 Å².